The van der Waals surface area contributed by atoms with Gasteiger partial charge in [0.2, 0.25) is 5.91 Å². The molecule has 0 spiro atoms. The number of anilines is 1. The summed E-state index contributed by atoms with van der Waals surface area (Å²) in [5.74, 6) is 0.601. The quantitative estimate of drug-likeness (QED) is 0.607. The van der Waals surface area contributed by atoms with Crippen LogP contribution >= 0.6 is 23.4 Å². The van der Waals surface area contributed by atoms with Crippen molar-refractivity contribution < 1.29 is 9.59 Å². The number of piperazine rings is 1. The van der Waals surface area contributed by atoms with Gasteiger partial charge < -0.3 is 15.1 Å². The van der Waals surface area contributed by atoms with Gasteiger partial charge in [-0.15, -0.1) is 0 Å². The molecule has 0 radical (unpaired) electrons. The molecule has 1 aliphatic rings. The average molecular weight is 488 g/mol. The maximum atomic E-state index is 13.3. The van der Waals surface area contributed by atoms with Crippen LogP contribution in [0, 0.1) is 0 Å². The van der Waals surface area contributed by atoms with Gasteiger partial charge in [-0.3, -0.25) is 9.59 Å². The van der Waals surface area contributed by atoms with Crippen molar-refractivity contribution in [2.24, 2.45) is 0 Å². The van der Waals surface area contributed by atoms with E-state index >= 15 is 0 Å². The van der Waals surface area contributed by atoms with Crippen molar-refractivity contribution in [3.05, 3.63) is 64.7 Å². The smallest absolute Gasteiger partial charge is 0.251 e. The third-order valence-electron chi connectivity index (χ3n) is 5.99. The van der Waals surface area contributed by atoms with Crippen LogP contribution in [0.5, 0.6) is 0 Å². The number of rotatable bonds is 7. The molecule has 2 aromatic rings. The highest BCUT2D eigenvalue weighted by molar-refractivity contribution is 7.98. The lowest BCUT2D eigenvalue weighted by Gasteiger charge is -2.37. The lowest BCUT2D eigenvalue weighted by molar-refractivity contribution is -0.133. The Hall–Kier alpha value is -2.18. The van der Waals surface area contributed by atoms with Gasteiger partial charge in [0.1, 0.15) is 6.04 Å². The van der Waals surface area contributed by atoms with E-state index in [2.05, 4.69) is 31.0 Å². The number of nitrogens with zero attached hydrogens (tertiary/aromatic N) is 2. The van der Waals surface area contributed by atoms with Crippen LogP contribution < -0.4 is 10.2 Å². The van der Waals surface area contributed by atoms with Crippen molar-refractivity contribution in [3.63, 3.8) is 0 Å². The van der Waals surface area contributed by atoms with E-state index < -0.39 is 6.04 Å². The number of carbonyl (C=O) groups excluding carboxylic acids is 2. The first-order valence-electron chi connectivity index (χ1n) is 11.4. The summed E-state index contributed by atoms with van der Waals surface area (Å²) in [6.45, 7) is 9.16. The van der Waals surface area contributed by atoms with Crippen LogP contribution in [-0.4, -0.2) is 60.9 Å². The zero-order valence-electron chi connectivity index (χ0n) is 19.9. The van der Waals surface area contributed by atoms with E-state index in [9.17, 15) is 9.59 Å². The van der Waals surface area contributed by atoms with E-state index in [1.807, 2.05) is 59.7 Å². The summed E-state index contributed by atoms with van der Waals surface area (Å²) in [6.07, 6.45) is 2.62. The predicted octanol–water partition coefficient (Wildman–Crippen LogP) is 4.84. The van der Waals surface area contributed by atoms with E-state index in [4.69, 9.17) is 11.6 Å². The van der Waals surface area contributed by atoms with E-state index in [1.165, 1.54) is 5.56 Å². The zero-order chi connectivity index (χ0) is 24.0. The Morgan fingerprint density at radius 2 is 1.73 bits per heavy atom. The van der Waals surface area contributed by atoms with Crippen LogP contribution in [-0.2, 0) is 10.2 Å². The topological polar surface area (TPSA) is 52.7 Å². The van der Waals surface area contributed by atoms with Crippen molar-refractivity contribution >= 4 is 40.9 Å². The molecule has 1 N–H and O–H groups in total. The molecular formula is C26H34ClN3O2S. The molecule has 5 nitrogen and oxygen atoms in total. The number of hydrogen-bond donors (Lipinski definition) is 1. The molecule has 1 unspecified atom stereocenters. The standard InChI is InChI=1S/C26H34ClN3O2S/c1-26(2,3)20-10-8-19(9-11-20)24(31)28-23(12-17-33-4)25(32)30-15-13-29(14-16-30)22-7-5-6-21(27)18-22/h5-11,18,23H,12-17H2,1-4H3,(H,28,31). The number of amides is 2. The van der Waals surface area contributed by atoms with Gasteiger partial charge in [-0.2, -0.15) is 11.8 Å². The summed E-state index contributed by atoms with van der Waals surface area (Å²) in [5, 5.41) is 3.71. The normalized spacial score (nSPS) is 15.3. The van der Waals surface area contributed by atoms with Crippen molar-refractivity contribution in [2.75, 3.05) is 43.1 Å². The fourth-order valence-corrected chi connectivity index (χ4v) is 4.59. The Bertz CT molecular complexity index is 951. The lowest BCUT2D eigenvalue weighted by Crippen LogP contribution is -2.55. The van der Waals surface area contributed by atoms with Crippen LogP contribution in [0.25, 0.3) is 0 Å². The highest BCUT2D eigenvalue weighted by Crippen LogP contribution is 2.23. The Morgan fingerprint density at radius 3 is 2.30 bits per heavy atom. The first kappa shape index (κ1) is 25.4. The second kappa shape index (κ2) is 11.3. The number of benzene rings is 2. The zero-order valence-corrected chi connectivity index (χ0v) is 21.5. The second-order valence-corrected chi connectivity index (χ2v) is 10.8. The number of thioether (sulfide) groups is 1. The Kier molecular flexibility index (Phi) is 8.71. The second-order valence-electron chi connectivity index (χ2n) is 9.43. The van der Waals surface area contributed by atoms with Gasteiger partial charge in [0, 0.05) is 42.5 Å². The van der Waals surface area contributed by atoms with Crippen molar-refractivity contribution in [1.82, 2.24) is 10.2 Å². The molecule has 3 rings (SSSR count). The Morgan fingerprint density at radius 1 is 1.06 bits per heavy atom. The molecule has 2 aromatic carbocycles. The minimum atomic E-state index is -0.523. The monoisotopic (exact) mass is 487 g/mol. The summed E-state index contributed by atoms with van der Waals surface area (Å²) in [4.78, 5) is 30.4. The van der Waals surface area contributed by atoms with E-state index in [1.54, 1.807) is 11.8 Å². The van der Waals surface area contributed by atoms with Gasteiger partial charge in [0.25, 0.3) is 5.91 Å². The van der Waals surface area contributed by atoms with Gasteiger partial charge in [-0.25, -0.2) is 0 Å². The van der Waals surface area contributed by atoms with E-state index in [-0.39, 0.29) is 17.2 Å². The molecule has 1 atom stereocenters. The van der Waals surface area contributed by atoms with Crippen molar-refractivity contribution in [2.45, 2.75) is 38.6 Å². The van der Waals surface area contributed by atoms with Crippen LogP contribution in [0.15, 0.2) is 48.5 Å². The molecule has 2 amide bonds. The number of carbonyl (C=O) groups is 2. The summed E-state index contributed by atoms with van der Waals surface area (Å²) in [7, 11) is 0. The average Bonchev–Trinajstić information content (AvgIpc) is 2.81. The maximum absolute atomic E-state index is 13.3. The van der Waals surface area contributed by atoms with Crippen LogP contribution in [0.4, 0.5) is 5.69 Å². The first-order valence-corrected chi connectivity index (χ1v) is 13.2. The van der Waals surface area contributed by atoms with Crippen LogP contribution in [0.2, 0.25) is 5.02 Å². The van der Waals surface area contributed by atoms with Crippen molar-refractivity contribution in [1.29, 1.82) is 0 Å². The van der Waals surface area contributed by atoms with Gasteiger partial charge >= 0.3 is 0 Å². The Labute approximate surface area is 206 Å². The molecule has 0 aromatic heterocycles. The minimum Gasteiger partial charge on any atom is -0.368 e. The molecular weight excluding hydrogens is 454 g/mol. The van der Waals surface area contributed by atoms with E-state index in [0.717, 1.165) is 24.5 Å². The van der Waals surface area contributed by atoms with Crippen molar-refractivity contribution in [3.8, 4) is 0 Å². The molecule has 0 aliphatic carbocycles. The van der Waals surface area contributed by atoms with Gasteiger partial charge in [0.15, 0.2) is 0 Å². The number of nitrogens with one attached hydrogen (secondary N) is 1. The first-order chi connectivity index (χ1) is 15.7. The molecule has 7 heteroatoms. The maximum Gasteiger partial charge on any atom is 0.251 e. The summed E-state index contributed by atoms with van der Waals surface area (Å²) in [5.41, 5.74) is 2.85. The third kappa shape index (κ3) is 6.90. The fraction of sp³-hybridized carbons (Fsp3) is 0.462. The summed E-state index contributed by atoms with van der Waals surface area (Å²) in [6, 6.07) is 14.9. The molecule has 1 heterocycles. The van der Waals surface area contributed by atoms with Gasteiger partial charge in [0.05, 0.1) is 0 Å². The lowest BCUT2D eigenvalue weighted by atomic mass is 9.86. The van der Waals surface area contributed by atoms with Crippen LogP contribution in [0.3, 0.4) is 0 Å². The molecule has 0 bridgehead atoms. The molecule has 1 fully saturated rings. The van der Waals surface area contributed by atoms with Crippen LogP contribution in [0.1, 0.15) is 43.1 Å². The Balaban J connectivity index is 1.63. The number of halogens is 1. The molecule has 1 aliphatic heterocycles. The summed E-state index contributed by atoms with van der Waals surface area (Å²) < 4.78 is 0. The molecule has 178 valence electrons. The highest BCUT2D eigenvalue weighted by atomic mass is 35.5. The van der Waals surface area contributed by atoms with Gasteiger partial charge in [-0.05, 0) is 59.7 Å². The molecule has 1 saturated heterocycles. The SMILES string of the molecule is CSCCC(NC(=O)c1ccc(C(C)(C)C)cc1)C(=O)N1CCN(c2cccc(Cl)c2)CC1. The van der Waals surface area contributed by atoms with Gasteiger partial charge in [-0.1, -0.05) is 50.6 Å². The minimum absolute atomic E-state index is 0.00513. The molecule has 0 saturated carbocycles. The molecule has 33 heavy (non-hydrogen) atoms. The fourth-order valence-electron chi connectivity index (χ4n) is 3.93. The largest absolute Gasteiger partial charge is 0.368 e. The van der Waals surface area contributed by atoms with E-state index in [0.29, 0.717) is 30.1 Å². The summed E-state index contributed by atoms with van der Waals surface area (Å²) >= 11 is 7.81. The highest BCUT2D eigenvalue weighted by Gasteiger charge is 2.29. The predicted molar refractivity (Wildman–Crippen MR) is 140 cm³/mol. The number of hydrogen-bond acceptors (Lipinski definition) is 4. The third-order valence-corrected chi connectivity index (χ3v) is 6.87.